The maximum atomic E-state index is 13.5. The van der Waals surface area contributed by atoms with Gasteiger partial charge in [0.25, 0.3) is 0 Å². The van der Waals surface area contributed by atoms with E-state index >= 15 is 0 Å². The lowest BCUT2D eigenvalue weighted by atomic mass is 10.2. The minimum atomic E-state index is -0.284. The molecule has 2 aromatic rings. The monoisotopic (exact) mass is 333 g/mol. The summed E-state index contributed by atoms with van der Waals surface area (Å²) in [6.45, 7) is 0.647. The second-order valence-electron chi connectivity index (χ2n) is 4.08. The van der Waals surface area contributed by atoms with Crippen molar-refractivity contribution in [1.82, 2.24) is 0 Å². The van der Waals surface area contributed by atoms with Crippen LogP contribution in [-0.2, 0) is 6.54 Å². The van der Waals surface area contributed by atoms with Gasteiger partial charge in [0, 0.05) is 16.6 Å². The van der Waals surface area contributed by atoms with Gasteiger partial charge in [-0.2, -0.15) is 0 Å². The molecule has 2 aromatic carbocycles. The Labute approximate surface area is 126 Å². The van der Waals surface area contributed by atoms with Crippen molar-refractivity contribution in [3.05, 3.63) is 58.3 Å². The van der Waals surface area contributed by atoms with Crippen molar-refractivity contribution in [2.45, 2.75) is 6.54 Å². The van der Waals surface area contributed by atoms with Crippen molar-refractivity contribution in [3.63, 3.8) is 0 Å². The van der Waals surface area contributed by atoms with Crippen LogP contribution >= 0.6 is 15.9 Å². The van der Waals surface area contributed by atoms with Crippen LogP contribution < -0.4 is 10.1 Å². The number of hydrogen-bond donors (Lipinski definition) is 1. The highest BCUT2D eigenvalue weighted by Gasteiger charge is 2.06. The quantitative estimate of drug-likeness (QED) is 0.827. The van der Waals surface area contributed by atoms with E-state index in [1.165, 1.54) is 6.07 Å². The molecule has 0 spiro atoms. The molecule has 0 aliphatic rings. The summed E-state index contributed by atoms with van der Waals surface area (Å²) in [5, 5.41) is 3.05. The van der Waals surface area contributed by atoms with E-state index in [1.807, 2.05) is 18.2 Å². The molecule has 1 N–H and O–H groups in total. The van der Waals surface area contributed by atoms with Crippen molar-refractivity contribution in [3.8, 4) is 18.1 Å². The summed E-state index contributed by atoms with van der Waals surface area (Å²) >= 11 is 3.41. The summed E-state index contributed by atoms with van der Waals surface area (Å²) < 4.78 is 19.9. The fourth-order valence-electron chi connectivity index (χ4n) is 1.74. The van der Waals surface area contributed by atoms with Crippen molar-refractivity contribution in [2.24, 2.45) is 0 Å². The van der Waals surface area contributed by atoms with Crippen LogP contribution in [0.25, 0.3) is 0 Å². The molecule has 0 atom stereocenters. The number of terminal acetylenes is 1. The van der Waals surface area contributed by atoms with E-state index in [0.717, 1.165) is 10.0 Å². The molecule has 0 unspecified atom stereocenters. The zero-order valence-electron chi connectivity index (χ0n) is 10.7. The standard InChI is InChI=1S/C16H13BrFNO/c1-2-9-20-16-8-7-13(17)10-12(16)11-19-15-6-4-3-5-14(15)18/h1,3-8,10,19H,9,11H2. The third-order valence-electron chi connectivity index (χ3n) is 2.68. The topological polar surface area (TPSA) is 21.3 Å². The summed E-state index contributed by atoms with van der Waals surface area (Å²) in [4.78, 5) is 0. The molecule has 0 aromatic heterocycles. The SMILES string of the molecule is C#CCOc1ccc(Br)cc1CNc1ccccc1F. The third kappa shape index (κ3) is 3.75. The average Bonchev–Trinajstić information content (AvgIpc) is 2.45. The molecule has 0 radical (unpaired) electrons. The first kappa shape index (κ1) is 14.4. The van der Waals surface area contributed by atoms with Gasteiger partial charge < -0.3 is 10.1 Å². The highest BCUT2D eigenvalue weighted by molar-refractivity contribution is 9.10. The summed E-state index contributed by atoms with van der Waals surface area (Å²) in [5.74, 6) is 2.83. The molecule has 20 heavy (non-hydrogen) atoms. The minimum Gasteiger partial charge on any atom is -0.481 e. The Kier molecular flexibility index (Phi) is 5.03. The lowest BCUT2D eigenvalue weighted by molar-refractivity contribution is 0.366. The van der Waals surface area contributed by atoms with Crippen LogP contribution in [0.1, 0.15) is 5.56 Å². The zero-order chi connectivity index (χ0) is 14.4. The Morgan fingerprint density at radius 2 is 2.05 bits per heavy atom. The Hall–Kier alpha value is -1.99. The fraction of sp³-hybridized carbons (Fsp3) is 0.125. The zero-order valence-corrected chi connectivity index (χ0v) is 12.3. The van der Waals surface area contributed by atoms with E-state index in [-0.39, 0.29) is 12.4 Å². The van der Waals surface area contributed by atoms with Gasteiger partial charge in [0.15, 0.2) is 0 Å². The van der Waals surface area contributed by atoms with Crippen LogP contribution in [0.3, 0.4) is 0 Å². The van der Waals surface area contributed by atoms with Gasteiger partial charge in [-0.05, 0) is 30.3 Å². The normalized spacial score (nSPS) is 9.85. The Bertz CT molecular complexity index is 637. The van der Waals surface area contributed by atoms with E-state index < -0.39 is 0 Å². The van der Waals surface area contributed by atoms with Crippen molar-refractivity contribution >= 4 is 21.6 Å². The van der Waals surface area contributed by atoms with Gasteiger partial charge in [-0.1, -0.05) is 34.0 Å². The van der Waals surface area contributed by atoms with Gasteiger partial charge in [-0.15, -0.1) is 6.42 Å². The van der Waals surface area contributed by atoms with Crippen molar-refractivity contribution in [2.75, 3.05) is 11.9 Å². The number of rotatable bonds is 5. The number of halogens is 2. The molecule has 2 rings (SSSR count). The van der Waals surface area contributed by atoms with Gasteiger partial charge in [-0.3, -0.25) is 0 Å². The van der Waals surface area contributed by atoms with Crippen LogP contribution in [0.4, 0.5) is 10.1 Å². The predicted molar refractivity (Wildman–Crippen MR) is 82.2 cm³/mol. The van der Waals surface area contributed by atoms with Crippen LogP contribution in [0.2, 0.25) is 0 Å². The van der Waals surface area contributed by atoms with E-state index in [2.05, 4.69) is 27.2 Å². The number of para-hydroxylation sites is 1. The Morgan fingerprint density at radius 3 is 2.80 bits per heavy atom. The van der Waals surface area contributed by atoms with E-state index in [1.54, 1.807) is 18.2 Å². The lowest BCUT2D eigenvalue weighted by Gasteiger charge is -2.12. The molecule has 0 saturated heterocycles. The van der Waals surface area contributed by atoms with Gasteiger partial charge >= 0.3 is 0 Å². The fourth-order valence-corrected chi connectivity index (χ4v) is 2.15. The molecule has 0 aliphatic heterocycles. The van der Waals surface area contributed by atoms with E-state index in [0.29, 0.717) is 18.0 Å². The van der Waals surface area contributed by atoms with Crippen LogP contribution in [0.15, 0.2) is 46.9 Å². The minimum absolute atomic E-state index is 0.203. The highest BCUT2D eigenvalue weighted by Crippen LogP contribution is 2.24. The summed E-state index contributed by atoms with van der Waals surface area (Å²) in [6, 6.07) is 12.2. The van der Waals surface area contributed by atoms with Gasteiger partial charge in [0.1, 0.15) is 18.2 Å². The molecule has 0 bridgehead atoms. The average molecular weight is 334 g/mol. The second-order valence-corrected chi connectivity index (χ2v) is 4.99. The van der Waals surface area contributed by atoms with Gasteiger partial charge in [-0.25, -0.2) is 4.39 Å². The molecule has 0 heterocycles. The first-order valence-corrected chi connectivity index (χ1v) is 6.83. The van der Waals surface area contributed by atoms with Crippen LogP contribution in [0.5, 0.6) is 5.75 Å². The molecule has 102 valence electrons. The summed E-state index contributed by atoms with van der Waals surface area (Å²) in [5.41, 5.74) is 1.35. The maximum absolute atomic E-state index is 13.5. The second kappa shape index (κ2) is 6.97. The molecule has 0 saturated carbocycles. The van der Waals surface area contributed by atoms with E-state index in [9.17, 15) is 4.39 Å². The number of anilines is 1. The first-order chi connectivity index (χ1) is 9.70. The number of nitrogens with one attached hydrogen (secondary N) is 1. The van der Waals surface area contributed by atoms with Crippen LogP contribution in [0, 0.1) is 18.2 Å². The van der Waals surface area contributed by atoms with E-state index in [4.69, 9.17) is 11.2 Å². The summed E-state index contributed by atoms with van der Waals surface area (Å²) in [6.07, 6.45) is 5.19. The first-order valence-electron chi connectivity index (χ1n) is 6.04. The molecular weight excluding hydrogens is 321 g/mol. The smallest absolute Gasteiger partial charge is 0.148 e. The molecule has 4 heteroatoms. The Balaban J connectivity index is 2.14. The highest BCUT2D eigenvalue weighted by atomic mass is 79.9. The molecule has 0 fully saturated rings. The number of ether oxygens (including phenoxy) is 1. The van der Waals surface area contributed by atoms with Gasteiger partial charge in [0.05, 0.1) is 5.69 Å². The molecule has 0 amide bonds. The van der Waals surface area contributed by atoms with Gasteiger partial charge in [0.2, 0.25) is 0 Å². The number of benzene rings is 2. The maximum Gasteiger partial charge on any atom is 0.148 e. The third-order valence-corrected chi connectivity index (χ3v) is 3.17. The number of hydrogen-bond acceptors (Lipinski definition) is 2. The van der Waals surface area contributed by atoms with Crippen LogP contribution in [-0.4, -0.2) is 6.61 Å². The largest absolute Gasteiger partial charge is 0.481 e. The lowest BCUT2D eigenvalue weighted by Crippen LogP contribution is -2.04. The Morgan fingerprint density at radius 1 is 1.25 bits per heavy atom. The van der Waals surface area contributed by atoms with Crippen molar-refractivity contribution in [1.29, 1.82) is 0 Å². The predicted octanol–water partition coefficient (Wildman–Crippen LogP) is 4.21. The van der Waals surface area contributed by atoms with Crippen molar-refractivity contribution < 1.29 is 9.13 Å². The molecule has 2 nitrogen and oxygen atoms in total. The molecular formula is C16H13BrFNO. The summed E-state index contributed by atoms with van der Waals surface area (Å²) in [7, 11) is 0. The molecule has 0 aliphatic carbocycles.